The third-order valence-corrected chi connectivity index (χ3v) is 4.95. The Balaban J connectivity index is 2.33. The van der Waals surface area contributed by atoms with Gasteiger partial charge in [0.25, 0.3) is 0 Å². The Labute approximate surface area is 125 Å². The molecule has 2 rings (SSSR count). The molecule has 2 unspecified atom stereocenters. The Morgan fingerprint density at radius 2 is 1.95 bits per heavy atom. The largest absolute Gasteiger partial charge is 0.313 e. The lowest BCUT2D eigenvalue weighted by Crippen LogP contribution is -2.42. The van der Waals surface area contributed by atoms with Crippen molar-refractivity contribution in [3.8, 4) is 0 Å². The Bertz CT molecular complexity index is 433. The van der Waals surface area contributed by atoms with Crippen molar-refractivity contribution < 1.29 is 0 Å². The van der Waals surface area contributed by atoms with Gasteiger partial charge in [0.15, 0.2) is 0 Å². The summed E-state index contributed by atoms with van der Waals surface area (Å²) in [5.74, 6) is 1.35. The van der Waals surface area contributed by atoms with Crippen molar-refractivity contribution in [1.29, 1.82) is 0 Å². The Hall–Kier alpha value is -0.820. The zero-order valence-electron chi connectivity index (χ0n) is 13.9. The maximum Gasteiger partial charge on any atom is 0.0159 e. The number of hydrogen-bond acceptors (Lipinski definition) is 1. The lowest BCUT2D eigenvalue weighted by atomic mass is 9.66. The van der Waals surface area contributed by atoms with Crippen molar-refractivity contribution in [2.75, 3.05) is 6.54 Å². The second-order valence-electron chi connectivity index (χ2n) is 7.34. The highest BCUT2D eigenvalue weighted by molar-refractivity contribution is 5.39. The fraction of sp³-hybridized carbons (Fsp3) is 0.684. The van der Waals surface area contributed by atoms with Gasteiger partial charge in [-0.05, 0) is 54.2 Å². The van der Waals surface area contributed by atoms with Crippen molar-refractivity contribution in [3.63, 3.8) is 0 Å². The number of nitrogens with one attached hydrogen (secondary N) is 1. The molecule has 1 aliphatic carbocycles. The Morgan fingerprint density at radius 1 is 1.25 bits per heavy atom. The van der Waals surface area contributed by atoms with Gasteiger partial charge in [-0.15, -0.1) is 0 Å². The van der Waals surface area contributed by atoms with E-state index in [4.69, 9.17) is 0 Å². The molecular weight excluding hydrogens is 242 g/mol. The van der Waals surface area contributed by atoms with Crippen LogP contribution in [0.4, 0.5) is 0 Å². The van der Waals surface area contributed by atoms with Gasteiger partial charge in [0.05, 0.1) is 0 Å². The van der Waals surface area contributed by atoms with Gasteiger partial charge in [0.2, 0.25) is 0 Å². The van der Waals surface area contributed by atoms with Crippen molar-refractivity contribution >= 4 is 0 Å². The predicted molar refractivity (Wildman–Crippen MR) is 88.4 cm³/mol. The third-order valence-electron chi connectivity index (χ3n) is 4.95. The van der Waals surface area contributed by atoms with Gasteiger partial charge in [-0.1, -0.05) is 58.9 Å². The molecule has 0 saturated carbocycles. The zero-order valence-corrected chi connectivity index (χ0v) is 13.9. The maximum absolute atomic E-state index is 3.81. The van der Waals surface area contributed by atoms with E-state index >= 15 is 0 Å². The first kappa shape index (κ1) is 15.6. The molecule has 0 aromatic heterocycles. The monoisotopic (exact) mass is 273 g/mol. The summed E-state index contributed by atoms with van der Waals surface area (Å²) in [5.41, 5.74) is 3.49. The number of benzene rings is 1. The van der Waals surface area contributed by atoms with Crippen LogP contribution in [0.5, 0.6) is 0 Å². The van der Waals surface area contributed by atoms with Crippen LogP contribution >= 0.6 is 0 Å². The summed E-state index contributed by atoms with van der Waals surface area (Å²) in [4.78, 5) is 0. The summed E-state index contributed by atoms with van der Waals surface area (Å²) < 4.78 is 0. The van der Waals surface area contributed by atoms with Crippen LogP contribution in [0, 0.1) is 5.92 Å². The molecule has 1 heteroatoms. The van der Waals surface area contributed by atoms with E-state index in [9.17, 15) is 0 Å². The Kier molecular flexibility index (Phi) is 4.90. The van der Waals surface area contributed by atoms with Crippen molar-refractivity contribution in [2.45, 2.75) is 71.3 Å². The summed E-state index contributed by atoms with van der Waals surface area (Å²) in [7, 11) is 0. The van der Waals surface area contributed by atoms with E-state index in [-0.39, 0.29) is 0 Å². The van der Waals surface area contributed by atoms with E-state index < -0.39 is 0 Å². The van der Waals surface area contributed by atoms with Crippen LogP contribution in [-0.4, -0.2) is 12.6 Å². The van der Waals surface area contributed by atoms with Gasteiger partial charge in [-0.25, -0.2) is 0 Å². The van der Waals surface area contributed by atoms with E-state index in [2.05, 4.69) is 64.2 Å². The molecule has 1 aromatic rings. The van der Waals surface area contributed by atoms with Crippen LogP contribution in [-0.2, 0) is 5.41 Å². The minimum atomic E-state index is 0.333. The molecule has 0 aliphatic heterocycles. The normalized spacial score (nSPS) is 22.6. The van der Waals surface area contributed by atoms with E-state index in [1.807, 2.05) is 0 Å². The first-order valence-corrected chi connectivity index (χ1v) is 8.30. The molecule has 0 bridgehead atoms. The van der Waals surface area contributed by atoms with E-state index in [1.165, 1.54) is 19.3 Å². The van der Waals surface area contributed by atoms with Gasteiger partial charge in [0.1, 0.15) is 0 Å². The van der Waals surface area contributed by atoms with Gasteiger partial charge >= 0.3 is 0 Å². The van der Waals surface area contributed by atoms with Gasteiger partial charge in [-0.3, -0.25) is 0 Å². The van der Waals surface area contributed by atoms with E-state index in [0.717, 1.165) is 6.54 Å². The highest BCUT2D eigenvalue weighted by atomic mass is 14.9. The molecule has 0 fully saturated rings. The highest BCUT2D eigenvalue weighted by Crippen LogP contribution is 2.44. The summed E-state index contributed by atoms with van der Waals surface area (Å²) in [6.07, 6.45) is 3.82. The molecule has 20 heavy (non-hydrogen) atoms. The summed E-state index contributed by atoms with van der Waals surface area (Å²) >= 11 is 0. The standard InChI is InChI=1S/C19H31N/c1-6-13-20-18(14(2)3)16-11-12-19(4,5)17-10-8-7-9-15(16)17/h7-10,14,16,18,20H,6,11-13H2,1-5H3. The molecule has 0 spiro atoms. The van der Waals surface area contributed by atoms with Gasteiger partial charge in [-0.2, -0.15) is 0 Å². The van der Waals surface area contributed by atoms with Crippen LogP contribution in [0.25, 0.3) is 0 Å². The van der Waals surface area contributed by atoms with Crippen molar-refractivity contribution in [3.05, 3.63) is 35.4 Å². The SMILES string of the molecule is CCCNC(C(C)C)C1CCC(C)(C)c2ccccc21. The second-order valence-corrected chi connectivity index (χ2v) is 7.34. The van der Waals surface area contributed by atoms with Gasteiger partial charge < -0.3 is 5.32 Å². The molecule has 0 radical (unpaired) electrons. The van der Waals surface area contributed by atoms with Crippen LogP contribution in [0.3, 0.4) is 0 Å². The molecule has 1 aliphatic rings. The minimum Gasteiger partial charge on any atom is -0.313 e. The van der Waals surface area contributed by atoms with Crippen LogP contribution < -0.4 is 5.32 Å². The number of fused-ring (bicyclic) bond motifs is 1. The molecule has 1 N–H and O–H groups in total. The molecule has 1 nitrogen and oxygen atoms in total. The second kappa shape index (κ2) is 6.30. The molecule has 0 amide bonds. The molecule has 112 valence electrons. The van der Waals surface area contributed by atoms with E-state index in [1.54, 1.807) is 11.1 Å². The molecule has 0 heterocycles. The van der Waals surface area contributed by atoms with Crippen molar-refractivity contribution in [1.82, 2.24) is 5.32 Å². The average molecular weight is 273 g/mol. The Morgan fingerprint density at radius 3 is 2.60 bits per heavy atom. The number of hydrogen-bond donors (Lipinski definition) is 1. The van der Waals surface area contributed by atoms with Crippen LogP contribution in [0.1, 0.15) is 70.9 Å². The molecule has 2 atom stereocenters. The molecular formula is C19H31N. The van der Waals surface area contributed by atoms with Gasteiger partial charge in [0, 0.05) is 6.04 Å². The van der Waals surface area contributed by atoms with Crippen molar-refractivity contribution in [2.24, 2.45) is 5.92 Å². The molecule has 1 aromatic carbocycles. The first-order chi connectivity index (χ1) is 9.47. The third kappa shape index (κ3) is 3.09. The summed E-state index contributed by atoms with van der Waals surface area (Å²) in [5, 5.41) is 3.81. The zero-order chi connectivity index (χ0) is 14.8. The lowest BCUT2D eigenvalue weighted by molar-refractivity contribution is 0.286. The van der Waals surface area contributed by atoms with Crippen LogP contribution in [0.2, 0.25) is 0 Å². The smallest absolute Gasteiger partial charge is 0.0159 e. The maximum atomic E-state index is 3.81. The highest BCUT2D eigenvalue weighted by Gasteiger charge is 2.36. The quantitative estimate of drug-likeness (QED) is 0.807. The predicted octanol–water partition coefficient (Wildman–Crippen LogP) is 4.87. The first-order valence-electron chi connectivity index (χ1n) is 8.30. The topological polar surface area (TPSA) is 12.0 Å². The lowest BCUT2D eigenvalue weighted by Gasteiger charge is -2.42. The molecule has 0 saturated heterocycles. The summed E-state index contributed by atoms with van der Waals surface area (Å²) in [6, 6.07) is 9.73. The fourth-order valence-electron chi connectivity index (χ4n) is 3.77. The number of rotatable bonds is 5. The fourth-order valence-corrected chi connectivity index (χ4v) is 3.77. The average Bonchev–Trinajstić information content (AvgIpc) is 2.41. The van der Waals surface area contributed by atoms with E-state index in [0.29, 0.717) is 23.3 Å². The van der Waals surface area contributed by atoms with Crippen LogP contribution in [0.15, 0.2) is 24.3 Å². The summed E-state index contributed by atoms with van der Waals surface area (Å²) in [6.45, 7) is 12.9. The minimum absolute atomic E-state index is 0.333.